The van der Waals surface area contributed by atoms with Gasteiger partial charge in [-0.25, -0.2) is 0 Å². The van der Waals surface area contributed by atoms with Gasteiger partial charge in [-0.3, -0.25) is 19.7 Å². The third-order valence-corrected chi connectivity index (χ3v) is 3.41. The largest absolute Gasteiger partial charge is 0.511 e. The maximum atomic E-state index is 11.7. The Bertz CT molecular complexity index is 459. The Morgan fingerprint density at radius 3 is 2.42 bits per heavy atom. The molecule has 0 atom stereocenters. The van der Waals surface area contributed by atoms with Gasteiger partial charge in [0.05, 0.1) is 5.57 Å². The average molecular weight is 264 g/mol. The number of nitrogens with one attached hydrogen (secondary N) is 2. The number of carbonyl (C=O) groups is 3. The van der Waals surface area contributed by atoms with E-state index in [4.69, 9.17) is 5.41 Å². The summed E-state index contributed by atoms with van der Waals surface area (Å²) in [5, 5.41) is 19.9. The molecule has 2 aliphatic rings. The third-order valence-electron chi connectivity index (χ3n) is 3.41. The van der Waals surface area contributed by atoms with Crippen molar-refractivity contribution in [1.82, 2.24) is 5.32 Å². The highest BCUT2D eigenvalue weighted by Gasteiger charge is 2.29. The van der Waals surface area contributed by atoms with Crippen molar-refractivity contribution in [3.63, 3.8) is 0 Å². The molecular formula is C13H16N2O4. The predicted octanol–water partition coefficient (Wildman–Crippen LogP) is 1.01. The molecule has 0 aromatic rings. The molecule has 0 spiro atoms. The van der Waals surface area contributed by atoms with Crippen molar-refractivity contribution < 1.29 is 19.5 Å². The first-order chi connectivity index (χ1) is 8.97. The molecule has 2 rings (SSSR count). The molecule has 0 aromatic heterocycles. The molecule has 102 valence electrons. The van der Waals surface area contributed by atoms with Crippen LogP contribution in [0.25, 0.3) is 0 Å². The van der Waals surface area contributed by atoms with E-state index in [0.29, 0.717) is 19.3 Å². The second-order valence-electron chi connectivity index (χ2n) is 5.03. The summed E-state index contributed by atoms with van der Waals surface area (Å²) in [6.45, 7) is 0. The molecule has 1 aliphatic heterocycles. The first kappa shape index (κ1) is 13.5. The molecule has 2 amide bonds. The molecule has 2 fully saturated rings. The molecule has 1 aliphatic carbocycles. The van der Waals surface area contributed by atoms with E-state index in [-0.39, 0.29) is 59.8 Å². The Balaban J connectivity index is 2.12. The van der Waals surface area contributed by atoms with Crippen molar-refractivity contribution in [3.8, 4) is 0 Å². The molecule has 6 nitrogen and oxygen atoms in total. The minimum atomic E-state index is -0.357. The first-order valence-corrected chi connectivity index (χ1v) is 6.33. The number of carbonyl (C=O) groups excluding carboxylic acids is 3. The predicted molar refractivity (Wildman–Crippen MR) is 66.7 cm³/mol. The lowest BCUT2D eigenvalue weighted by atomic mass is 9.86. The van der Waals surface area contributed by atoms with Crippen LogP contribution < -0.4 is 5.32 Å². The van der Waals surface area contributed by atoms with Crippen LogP contribution in [0.1, 0.15) is 38.5 Å². The van der Waals surface area contributed by atoms with Gasteiger partial charge in [-0.1, -0.05) is 0 Å². The van der Waals surface area contributed by atoms with Gasteiger partial charge in [0.2, 0.25) is 11.8 Å². The Labute approximate surface area is 110 Å². The molecule has 1 saturated carbocycles. The monoisotopic (exact) mass is 264 g/mol. The van der Waals surface area contributed by atoms with E-state index < -0.39 is 0 Å². The van der Waals surface area contributed by atoms with Crippen molar-refractivity contribution >= 4 is 23.3 Å². The summed E-state index contributed by atoms with van der Waals surface area (Å²) >= 11 is 0. The van der Waals surface area contributed by atoms with Crippen LogP contribution in [0.2, 0.25) is 0 Å². The van der Waals surface area contributed by atoms with Gasteiger partial charge in [-0.05, 0) is 18.8 Å². The fraction of sp³-hybridized carbons (Fsp3) is 0.538. The van der Waals surface area contributed by atoms with Gasteiger partial charge in [-0.15, -0.1) is 0 Å². The topological polar surface area (TPSA) is 107 Å². The van der Waals surface area contributed by atoms with Gasteiger partial charge in [-0.2, -0.15) is 0 Å². The Kier molecular flexibility index (Phi) is 3.78. The van der Waals surface area contributed by atoms with E-state index in [9.17, 15) is 19.5 Å². The van der Waals surface area contributed by atoms with E-state index in [1.807, 2.05) is 0 Å². The van der Waals surface area contributed by atoms with Crippen molar-refractivity contribution in [2.24, 2.45) is 5.92 Å². The summed E-state index contributed by atoms with van der Waals surface area (Å²) in [6, 6.07) is 0. The number of imide groups is 1. The van der Waals surface area contributed by atoms with Gasteiger partial charge in [0.15, 0.2) is 5.78 Å². The highest BCUT2D eigenvalue weighted by atomic mass is 16.3. The van der Waals surface area contributed by atoms with Crippen LogP contribution in [0, 0.1) is 11.3 Å². The van der Waals surface area contributed by atoms with Crippen LogP contribution in [0.3, 0.4) is 0 Å². The molecule has 6 heteroatoms. The lowest BCUT2D eigenvalue weighted by Gasteiger charge is -2.22. The quantitative estimate of drug-likeness (QED) is 0.393. The molecule has 3 N–H and O–H groups in total. The maximum Gasteiger partial charge on any atom is 0.226 e. The average Bonchev–Trinajstić information content (AvgIpc) is 2.26. The minimum absolute atomic E-state index is 0.0877. The zero-order valence-electron chi connectivity index (χ0n) is 10.5. The number of amides is 2. The van der Waals surface area contributed by atoms with Gasteiger partial charge in [0.25, 0.3) is 0 Å². The second kappa shape index (κ2) is 5.34. The van der Waals surface area contributed by atoms with Crippen molar-refractivity contribution in [2.45, 2.75) is 38.5 Å². The molecule has 0 bridgehead atoms. The number of hydrogen-bond acceptors (Lipinski definition) is 5. The van der Waals surface area contributed by atoms with Gasteiger partial charge < -0.3 is 10.5 Å². The number of ketones is 1. The zero-order valence-corrected chi connectivity index (χ0v) is 10.5. The molecule has 1 saturated heterocycles. The van der Waals surface area contributed by atoms with E-state index in [1.165, 1.54) is 0 Å². The minimum Gasteiger partial charge on any atom is -0.511 e. The number of aliphatic hydroxyl groups excluding tert-OH is 1. The number of rotatable bonds is 2. The number of hydrogen-bond donors (Lipinski definition) is 3. The summed E-state index contributed by atoms with van der Waals surface area (Å²) in [4.78, 5) is 34.2. The van der Waals surface area contributed by atoms with E-state index in [2.05, 4.69) is 5.32 Å². The molecule has 19 heavy (non-hydrogen) atoms. The Morgan fingerprint density at radius 2 is 1.84 bits per heavy atom. The number of aliphatic hydroxyl groups is 1. The van der Waals surface area contributed by atoms with E-state index >= 15 is 0 Å². The van der Waals surface area contributed by atoms with E-state index in [0.717, 1.165) is 0 Å². The smallest absolute Gasteiger partial charge is 0.226 e. The Morgan fingerprint density at radius 1 is 1.21 bits per heavy atom. The summed E-state index contributed by atoms with van der Waals surface area (Å²) in [5.41, 5.74) is 0.241. The van der Waals surface area contributed by atoms with Crippen LogP contribution in [-0.4, -0.2) is 28.4 Å². The first-order valence-electron chi connectivity index (χ1n) is 6.33. The van der Waals surface area contributed by atoms with Crippen LogP contribution >= 0.6 is 0 Å². The van der Waals surface area contributed by atoms with Crippen molar-refractivity contribution in [1.29, 1.82) is 5.41 Å². The van der Waals surface area contributed by atoms with E-state index in [1.54, 1.807) is 0 Å². The number of allylic oxidation sites excluding steroid dienone is 2. The highest BCUT2D eigenvalue weighted by molar-refractivity contribution is 6.23. The molecule has 1 heterocycles. The fourth-order valence-corrected chi connectivity index (χ4v) is 2.55. The zero-order chi connectivity index (χ0) is 14.0. The Hall–Kier alpha value is -1.98. The summed E-state index contributed by atoms with van der Waals surface area (Å²) < 4.78 is 0. The van der Waals surface area contributed by atoms with Crippen LogP contribution in [0.5, 0.6) is 0 Å². The molecule has 0 unspecified atom stereocenters. The lowest BCUT2D eigenvalue weighted by molar-refractivity contribution is -0.134. The van der Waals surface area contributed by atoms with Crippen LogP contribution in [0.15, 0.2) is 11.3 Å². The van der Waals surface area contributed by atoms with Crippen molar-refractivity contribution in [2.75, 3.05) is 0 Å². The number of piperidine rings is 1. The second-order valence-corrected chi connectivity index (χ2v) is 5.03. The van der Waals surface area contributed by atoms with Crippen LogP contribution in [-0.2, 0) is 14.4 Å². The van der Waals surface area contributed by atoms with Gasteiger partial charge >= 0.3 is 0 Å². The van der Waals surface area contributed by atoms with Gasteiger partial charge in [0.1, 0.15) is 5.76 Å². The highest BCUT2D eigenvalue weighted by Crippen LogP contribution is 2.26. The number of Topliss-reactive ketones (excluding diaryl/α,β-unsaturated/α-hetero) is 1. The van der Waals surface area contributed by atoms with Crippen molar-refractivity contribution in [3.05, 3.63) is 11.3 Å². The van der Waals surface area contributed by atoms with Crippen LogP contribution in [0.4, 0.5) is 0 Å². The SMILES string of the molecule is N=C1CCCC(=O)/C1=C(\O)CC1CC(=O)NC(=O)C1. The molecular weight excluding hydrogens is 248 g/mol. The third kappa shape index (κ3) is 3.07. The molecule has 0 aromatic carbocycles. The normalized spacial score (nSPS) is 24.4. The standard InChI is InChI=1S/C13H16N2O4/c14-8-2-1-3-9(16)13(8)10(17)4-7-5-11(18)15-12(19)6-7/h7,14,17H,1-6H2,(H,15,18,19)/b13-10-,14-8?. The summed E-state index contributed by atoms with van der Waals surface area (Å²) in [5.74, 6) is -1.38. The lowest BCUT2D eigenvalue weighted by Crippen LogP contribution is -2.38. The fourth-order valence-electron chi connectivity index (χ4n) is 2.55. The molecule has 0 radical (unpaired) electrons. The summed E-state index contributed by atoms with van der Waals surface area (Å²) in [7, 11) is 0. The summed E-state index contributed by atoms with van der Waals surface area (Å²) in [6.07, 6.45) is 1.87. The maximum absolute atomic E-state index is 11.7. The van der Waals surface area contributed by atoms with Gasteiger partial charge in [0, 0.05) is 31.4 Å².